The maximum Gasteiger partial charge on any atom is 0.306 e. The molecule has 0 radical (unpaired) electrons. The highest BCUT2D eigenvalue weighted by Crippen LogP contribution is 2.24. The Bertz CT molecular complexity index is 1170. The van der Waals surface area contributed by atoms with Crippen molar-refractivity contribution in [3.05, 3.63) is 36.5 Å². The van der Waals surface area contributed by atoms with Crippen LogP contribution in [0.5, 0.6) is 0 Å². The molecule has 0 aromatic rings. The molecule has 13 heteroatoms. The van der Waals surface area contributed by atoms with Gasteiger partial charge in [-0.05, 0) is 44.9 Å². The van der Waals surface area contributed by atoms with Gasteiger partial charge in [0.25, 0.3) is 10.1 Å². The van der Waals surface area contributed by atoms with Gasteiger partial charge < -0.3 is 34.3 Å². The predicted octanol–water partition coefficient (Wildman–Crippen LogP) is 7.83. The first-order chi connectivity index (χ1) is 26.5. The first kappa shape index (κ1) is 50.9. The van der Waals surface area contributed by atoms with Crippen LogP contribution in [0.15, 0.2) is 36.5 Å². The Morgan fingerprint density at radius 3 is 1.71 bits per heavy atom. The van der Waals surface area contributed by atoms with Gasteiger partial charge in [-0.2, -0.15) is 8.42 Å². The van der Waals surface area contributed by atoms with Crippen molar-refractivity contribution in [2.24, 2.45) is 0 Å². The van der Waals surface area contributed by atoms with Crippen molar-refractivity contribution < 1.29 is 56.8 Å². The van der Waals surface area contributed by atoms with Crippen molar-refractivity contribution in [2.45, 2.75) is 198 Å². The molecule has 0 aromatic heterocycles. The second-order valence-corrected chi connectivity index (χ2v) is 16.1. The number of unbranched alkanes of at least 4 members (excludes halogenated alkanes) is 16. The van der Waals surface area contributed by atoms with Crippen LogP contribution >= 0.6 is 0 Å². The van der Waals surface area contributed by atoms with E-state index in [9.17, 15) is 37.9 Å². The molecule has 1 aliphatic rings. The van der Waals surface area contributed by atoms with Gasteiger partial charge in [0.15, 0.2) is 12.4 Å². The summed E-state index contributed by atoms with van der Waals surface area (Å²) in [5, 5.41) is 30.8. The third-order valence-corrected chi connectivity index (χ3v) is 10.2. The summed E-state index contributed by atoms with van der Waals surface area (Å²) in [4.78, 5) is 25.3. The second-order valence-electron chi connectivity index (χ2n) is 14.6. The number of ether oxygens (including phenoxy) is 4. The number of aliphatic hydroxyl groups is 3. The van der Waals surface area contributed by atoms with Gasteiger partial charge in [-0.15, -0.1) is 0 Å². The van der Waals surface area contributed by atoms with E-state index in [1.54, 1.807) is 0 Å². The minimum Gasteiger partial charge on any atom is -0.462 e. The van der Waals surface area contributed by atoms with Crippen LogP contribution in [-0.4, -0.2) is 96.0 Å². The molecule has 0 amide bonds. The third kappa shape index (κ3) is 28.0. The Morgan fingerprint density at radius 2 is 1.15 bits per heavy atom. The predicted molar refractivity (Wildman–Crippen MR) is 215 cm³/mol. The number of hydrogen-bond acceptors (Lipinski definition) is 11. The van der Waals surface area contributed by atoms with E-state index in [2.05, 4.69) is 50.3 Å². The summed E-state index contributed by atoms with van der Waals surface area (Å²) in [7, 11) is -4.60. The number of aliphatic hydroxyl groups excluding tert-OH is 3. The standard InChI is InChI=1S/C42H74O12S/c1-3-5-7-9-11-13-15-16-17-18-19-20-21-23-25-27-29-31-38(44)53-35(32-51-37(43)30-28-26-24-22-14-12-10-8-6-4-2)33-52-42-41(47)40(46)39(45)36(54-42)34-55(48,49)50/h5,7,11,13,16-17,35-36,39-42,45-47H,3-4,6,8-10,12,14-15,18-34H2,1-2H3,(H,48,49,50)/b7-5-,13-11-,17-16-. The molecule has 1 rings (SSSR count). The molecular weight excluding hydrogens is 729 g/mol. The fourth-order valence-corrected chi connectivity index (χ4v) is 6.91. The SMILES string of the molecule is CC/C=C\C/C=C\C/C=C\CCCCCCCCCC(=O)OC(COC(=O)CCCCCCCCCCCC)COC1OC(CS(=O)(=O)O)C(O)C(O)C1O. The van der Waals surface area contributed by atoms with Crippen LogP contribution in [0.2, 0.25) is 0 Å². The van der Waals surface area contributed by atoms with Crippen molar-refractivity contribution >= 4 is 22.1 Å². The number of carbonyl (C=O) groups is 2. The molecule has 6 atom stereocenters. The second kappa shape index (κ2) is 32.9. The fourth-order valence-electron chi connectivity index (χ4n) is 6.22. The average Bonchev–Trinajstić information content (AvgIpc) is 3.14. The molecule has 0 saturated carbocycles. The monoisotopic (exact) mass is 802 g/mol. The Morgan fingerprint density at radius 1 is 0.636 bits per heavy atom. The van der Waals surface area contributed by atoms with E-state index < -0.39 is 71.2 Å². The van der Waals surface area contributed by atoms with Crippen LogP contribution in [0.25, 0.3) is 0 Å². The zero-order valence-electron chi connectivity index (χ0n) is 33.8. The van der Waals surface area contributed by atoms with Crippen LogP contribution in [0, 0.1) is 0 Å². The van der Waals surface area contributed by atoms with Crippen LogP contribution in [0.1, 0.15) is 162 Å². The molecular formula is C42H74O12S. The number of rotatable bonds is 34. The van der Waals surface area contributed by atoms with Gasteiger partial charge >= 0.3 is 11.9 Å². The Balaban J connectivity index is 2.47. The lowest BCUT2D eigenvalue weighted by molar-refractivity contribution is -0.297. The summed E-state index contributed by atoms with van der Waals surface area (Å²) in [6.45, 7) is 3.61. The summed E-state index contributed by atoms with van der Waals surface area (Å²) in [5.74, 6) is -2.00. The summed E-state index contributed by atoms with van der Waals surface area (Å²) >= 11 is 0. The molecule has 4 N–H and O–H groups in total. The topological polar surface area (TPSA) is 186 Å². The van der Waals surface area contributed by atoms with Gasteiger partial charge in [-0.25, -0.2) is 0 Å². The van der Waals surface area contributed by atoms with Gasteiger partial charge in [0.1, 0.15) is 36.8 Å². The van der Waals surface area contributed by atoms with E-state index in [-0.39, 0.29) is 19.4 Å². The molecule has 1 fully saturated rings. The van der Waals surface area contributed by atoms with Crippen LogP contribution in [0.4, 0.5) is 0 Å². The quantitative estimate of drug-likeness (QED) is 0.0214. The molecule has 12 nitrogen and oxygen atoms in total. The minimum atomic E-state index is -4.60. The van der Waals surface area contributed by atoms with Gasteiger partial charge in [0.05, 0.1) is 6.61 Å². The molecule has 0 bridgehead atoms. The number of hydrogen-bond donors (Lipinski definition) is 4. The smallest absolute Gasteiger partial charge is 0.306 e. The molecule has 55 heavy (non-hydrogen) atoms. The molecule has 1 aliphatic heterocycles. The fraction of sp³-hybridized carbons (Fsp3) is 0.810. The summed E-state index contributed by atoms with van der Waals surface area (Å²) in [5.41, 5.74) is 0. The van der Waals surface area contributed by atoms with E-state index >= 15 is 0 Å². The van der Waals surface area contributed by atoms with Crippen LogP contribution in [0.3, 0.4) is 0 Å². The molecule has 0 aromatic carbocycles. The zero-order valence-corrected chi connectivity index (χ0v) is 34.6. The maximum absolute atomic E-state index is 12.8. The van der Waals surface area contributed by atoms with Crippen molar-refractivity contribution in [1.82, 2.24) is 0 Å². The van der Waals surface area contributed by atoms with Gasteiger partial charge in [-0.3, -0.25) is 14.1 Å². The van der Waals surface area contributed by atoms with E-state index in [1.807, 2.05) is 0 Å². The number of allylic oxidation sites excluding steroid dienone is 6. The summed E-state index contributed by atoms with van der Waals surface area (Å²) < 4.78 is 53.9. The molecule has 1 saturated heterocycles. The van der Waals surface area contributed by atoms with Crippen molar-refractivity contribution in [3.8, 4) is 0 Å². The summed E-state index contributed by atoms with van der Waals surface area (Å²) in [6.07, 6.45) is 26.3. The Labute approximate surface area is 331 Å². The van der Waals surface area contributed by atoms with E-state index in [1.165, 1.54) is 38.5 Å². The molecule has 1 heterocycles. The largest absolute Gasteiger partial charge is 0.462 e. The lowest BCUT2D eigenvalue weighted by Gasteiger charge is -2.40. The lowest BCUT2D eigenvalue weighted by Crippen LogP contribution is -2.60. The minimum absolute atomic E-state index is 0.154. The first-order valence-corrected chi connectivity index (χ1v) is 22.7. The van der Waals surface area contributed by atoms with Crippen molar-refractivity contribution in [3.63, 3.8) is 0 Å². The van der Waals surface area contributed by atoms with Gasteiger partial charge in [0.2, 0.25) is 0 Å². The van der Waals surface area contributed by atoms with Gasteiger partial charge in [-0.1, -0.05) is 140 Å². The van der Waals surface area contributed by atoms with E-state index in [0.717, 1.165) is 83.5 Å². The Hall–Kier alpha value is -2.13. The van der Waals surface area contributed by atoms with E-state index in [4.69, 9.17) is 18.9 Å². The van der Waals surface area contributed by atoms with Crippen LogP contribution < -0.4 is 0 Å². The van der Waals surface area contributed by atoms with E-state index in [0.29, 0.717) is 12.8 Å². The number of esters is 2. The molecule has 0 aliphatic carbocycles. The number of carbonyl (C=O) groups excluding carboxylic acids is 2. The normalized spacial score (nSPS) is 21.2. The van der Waals surface area contributed by atoms with Crippen LogP contribution in [-0.2, 0) is 38.7 Å². The summed E-state index contributed by atoms with van der Waals surface area (Å²) in [6, 6.07) is 0. The highest BCUT2D eigenvalue weighted by molar-refractivity contribution is 7.85. The van der Waals surface area contributed by atoms with Crippen molar-refractivity contribution in [1.29, 1.82) is 0 Å². The first-order valence-electron chi connectivity index (χ1n) is 21.0. The maximum atomic E-state index is 12.8. The molecule has 6 unspecified atom stereocenters. The van der Waals surface area contributed by atoms with Gasteiger partial charge in [0, 0.05) is 12.8 Å². The molecule has 320 valence electrons. The third-order valence-electron chi connectivity index (χ3n) is 9.48. The van der Waals surface area contributed by atoms with Crippen molar-refractivity contribution in [2.75, 3.05) is 19.0 Å². The zero-order chi connectivity index (χ0) is 40.6. The highest BCUT2D eigenvalue weighted by Gasteiger charge is 2.46. The Kier molecular flexibility index (Phi) is 30.4. The average molecular weight is 803 g/mol. The molecule has 0 spiro atoms. The highest BCUT2D eigenvalue weighted by atomic mass is 32.2. The lowest BCUT2D eigenvalue weighted by atomic mass is 10.00.